The second-order valence-corrected chi connectivity index (χ2v) is 11.5. The van der Waals surface area contributed by atoms with Crippen LogP contribution in [-0.2, 0) is 11.8 Å². The van der Waals surface area contributed by atoms with Crippen molar-refractivity contribution in [3.8, 4) is 11.4 Å². The Bertz CT molecular complexity index is 1420. The van der Waals surface area contributed by atoms with Crippen molar-refractivity contribution in [2.75, 3.05) is 30.4 Å². The minimum atomic E-state index is -0.496. The Kier molecular flexibility index (Phi) is 7.17. The van der Waals surface area contributed by atoms with Crippen molar-refractivity contribution in [3.63, 3.8) is 0 Å². The molecular formula is C27H36FN9O3. The Hall–Kier alpha value is -3.58. The van der Waals surface area contributed by atoms with Crippen molar-refractivity contribution in [3.05, 3.63) is 40.7 Å². The number of anilines is 3. The van der Waals surface area contributed by atoms with E-state index in [2.05, 4.69) is 49.8 Å². The molecule has 0 unspecified atom stereocenters. The van der Waals surface area contributed by atoms with Gasteiger partial charge in [-0.2, -0.15) is 14.3 Å². The SMILES string of the molecule is Cn1nnn(-c2cc(Nc3ncc(F)c(N[C@@H]4C[C@@H]5CCCN5C(C)(C)C4)n3)ccc2OC2CCOCC2)c1=O. The van der Waals surface area contributed by atoms with Gasteiger partial charge in [0.15, 0.2) is 11.6 Å². The van der Waals surface area contributed by atoms with Crippen LogP contribution in [0.25, 0.3) is 5.69 Å². The van der Waals surface area contributed by atoms with E-state index < -0.39 is 11.5 Å². The predicted molar refractivity (Wildman–Crippen MR) is 147 cm³/mol. The van der Waals surface area contributed by atoms with E-state index in [1.165, 1.54) is 30.8 Å². The number of rotatable bonds is 7. The molecule has 1 aromatic carbocycles. The van der Waals surface area contributed by atoms with E-state index in [4.69, 9.17) is 9.47 Å². The Morgan fingerprint density at radius 3 is 2.77 bits per heavy atom. The van der Waals surface area contributed by atoms with Gasteiger partial charge in [-0.1, -0.05) is 0 Å². The number of benzene rings is 1. The van der Waals surface area contributed by atoms with Gasteiger partial charge in [0.25, 0.3) is 0 Å². The summed E-state index contributed by atoms with van der Waals surface area (Å²) in [5.41, 5.74) is 0.658. The molecule has 0 bridgehead atoms. The second-order valence-electron chi connectivity index (χ2n) is 11.5. The number of halogens is 1. The fourth-order valence-electron chi connectivity index (χ4n) is 6.27. The molecule has 214 valence electrons. The Morgan fingerprint density at radius 1 is 1.18 bits per heavy atom. The molecule has 40 heavy (non-hydrogen) atoms. The van der Waals surface area contributed by atoms with E-state index in [1.54, 1.807) is 18.2 Å². The lowest BCUT2D eigenvalue weighted by Gasteiger charge is -2.47. The molecule has 12 nitrogen and oxygen atoms in total. The molecule has 0 spiro atoms. The Balaban J connectivity index is 1.23. The van der Waals surface area contributed by atoms with Crippen LogP contribution in [-0.4, -0.2) is 78.1 Å². The number of hydrogen-bond donors (Lipinski definition) is 2. The van der Waals surface area contributed by atoms with Gasteiger partial charge in [0.05, 0.1) is 19.4 Å². The Labute approximate surface area is 231 Å². The normalized spacial score (nSPS) is 23.1. The van der Waals surface area contributed by atoms with Gasteiger partial charge in [0, 0.05) is 43.2 Å². The third-order valence-electron chi connectivity index (χ3n) is 8.17. The van der Waals surface area contributed by atoms with Gasteiger partial charge in [-0.25, -0.2) is 14.2 Å². The zero-order valence-electron chi connectivity index (χ0n) is 23.1. The summed E-state index contributed by atoms with van der Waals surface area (Å²) in [6.45, 7) is 6.90. The number of aromatic nitrogens is 6. The van der Waals surface area contributed by atoms with Crippen LogP contribution in [0.1, 0.15) is 52.4 Å². The van der Waals surface area contributed by atoms with Gasteiger partial charge < -0.3 is 20.1 Å². The summed E-state index contributed by atoms with van der Waals surface area (Å²) in [5, 5.41) is 14.4. The van der Waals surface area contributed by atoms with Crippen molar-refractivity contribution in [2.45, 2.75) is 76.1 Å². The maximum atomic E-state index is 14.8. The van der Waals surface area contributed by atoms with Gasteiger partial charge in [0.2, 0.25) is 5.95 Å². The van der Waals surface area contributed by atoms with Gasteiger partial charge in [-0.3, -0.25) is 4.90 Å². The minimum absolute atomic E-state index is 0.0335. The number of tetrazole rings is 1. The highest BCUT2D eigenvalue weighted by atomic mass is 19.1. The molecule has 5 heterocycles. The smallest absolute Gasteiger partial charge is 0.368 e. The number of nitrogens with zero attached hydrogens (tertiary/aromatic N) is 7. The maximum Gasteiger partial charge on any atom is 0.368 e. The average molecular weight is 554 g/mol. The van der Waals surface area contributed by atoms with Crippen molar-refractivity contribution in [1.82, 2.24) is 34.7 Å². The molecule has 0 aliphatic carbocycles. The zero-order chi connectivity index (χ0) is 27.9. The summed E-state index contributed by atoms with van der Waals surface area (Å²) in [6.07, 6.45) is 6.89. The van der Waals surface area contributed by atoms with Crippen LogP contribution in [0.15, 0.2) is 29.2 Å². The minimum Gasteiger partial charge on any atom is -0.488 e. The molecule has 2 atom stereocenters. The maximum absolute atomic E-state index is 14.8. The fraction of sp³-hybridized carbons (Fsp3) is 0.593. The summed E-state index contributed by atoms with van der Waals surface area (Å²) >= 11 is 0. The summed E-state index contributed by atoms with van der Waals surface area (Å²) < 4.78 is 28.8. The summed E-state index contributed by atoms with van der Waals surface area (Å²) in [4.78, 5) is 23.9. The number of piperidine rings is 1. The average Bonchev–Trinajstić information content (AvgIpc) is 3.54. The summed E-state index contributed by atoms with van der Waals surface area (Å²) in [7, 11) is 1.53. The quantitative estimate of drug-likeness (QED) is 0.451. The molecule has 3 aromatic rings. The van der Waals surface area contributed by atoms with Crippen LogP contribution >= 0.6 is 0 Å². The first-order chi connectivity index (χ1) is 19.3. The number of fused-ring (bicyclic) bond motifs is 1. The topological polar surface area (TPSA) is 124 Å². The van der Waals surface area contributed by atoms with Crippen LogP contribution in [0, 0.1) is 5.82 Å². The van der Waals surface area contributed by atoms with E-state index in [-0.39, 0.29) is 29.5 Å². The molecule has 3 aliphatic rings. The molecule has 2 N–H and O–H groups in total. The van der Waals surface area contributed by atoms with E-state index in [0.717, 1.165) is 36.9 Å². The molecule has 0 amide bonds. The molecule has 3 fully saturated rings. The zero-order valence-corrected chi connectivity index (χ0v) is 23.1. The molecule has 2 aromatic heterocycles. The fourth-order valence-corrected chi connectivity index (χ4v) is 6.27. The molecule has 13 heteroatoms. The monoisotopic (exact) mass is 553 g/mol. The first-order valence-corrected chi connectivity index (χ1v) is 14.0. The number of hydrogen-bond acceptors (Lipinski definition) is 10. The second kappa shape index (κ2) is 10.8. The standard InChI is InChI=1S/C27H36FN9O3/c1-27(2)15-18(13-19-5-4-10-36(19)27)30-24-21(28)16-29-25(32-24)31-17-6-7-23(40-20-8-11-39-12-9-20)22(14-17)37-26(38)35(3)33-34-37/h6-7,14,16,18-20H,4-5,8-13,15H2,1-3H3,(H2,29,30,31,32)/t18-,19+/m1/s1. The van der Waals surface area contributed by atoms with Crippen molar-refractivity contribution in [2.24, 2.45) is 7.05 Å². The van der Waals surface area contributed by atoms with E-state index in [1.807, 2.05) is 0 Å². The molecule has 3 aliphatic heterocycles. The highest BCUT2D eigenvalue weighted by molar-refractivity contribution is 5.62. The third kappa shape index (κ3) is 5.39. The molecular weight excluding hydrogens is 517 g/mol. The van der Waals surface area contributed by atoms with Crippen LogP contribution in [0.2, 0.25) is 0 Å². The first kappa shape index (κ1) is 26.6. The van der Waals surface area contributed by atoms with Crippen LogP contribution in [0.5, 0.6) is 5.75 Å². The van der Waals surface area contributed by atoms with Crippen molar-refractivity contribution < 1.29 is 13.9 Å². The Morgan fingerprint density at radius 2 is 2.00 bits per heavy atom. The molecule has 0 saturated carbocycles. The third-order valence-corrected chi connectivity index (χ3v) is 8.17. The van der Waals surface area contributed by atoms with Gasteiger partial charge in [-0.15, -0.1) is 0 Å². The molecule has 6 rings (SSSR count). The lowest BCUT2D eigenvalue weighted by molar-refractivity contribution is 0.0255. The first-order valence-electron chi connectivity index (χ1n) is 14.0. The predicted octanol–water partition coefficient (Wildman–Crippen LogP) is 3.01. The van der Waals surface area contributed by atoms with Crippen molar-refractivity contribution >= 4 is 17.5 Å². The molecule has 3 saturated heterocycles. The van der Waals surface area contributed by atoms with Gasteiger partial charge in [0.1, 0.15) is 17.5 Å². The number of ether oxygens (including phenoxy) is 2. The summed E-state index contributed by atoms with van der Waals surface area (Å²) in [6, 6.07) is 5.92. The van der Waals surface area contributed by atoms with Crippen LogP contribution < -0.4 is 21.1 Å². The number of aryl methyl sites for hydroxylation is 1. The van der Waals surface area contributed by atoms with E-state index >= 15 is 0 Å². The highest BCUT2D eigenvalue weighted by Gasteiger charge is 2.43. The van der Waals surface area contributed by atoms with E-state index in [0.29, 0.717) is 36.4 Å². The number of nitrogens with one attached hydrogen (secondary N) is 2. The van der Waals surface area contributed by atoms with Crippen LogP contribution in [0.4, 0.5) is 21.8 Å². The van der Waals surface area contributed by atoms with E-state index in [9.17, 15) is 9.18 Å². The lowest BCUT2D eigenvalue weighted by atomic mass is 9.84. The van der Waals surface area contributed by atoms with Gasteiger partial charge in [-0.05, 0) is 74.7 Å². The van der Waals surface area contributed by atoms with Crippen LogP contribution in [0.3, 0.4) is 0 Å². The van der Waals surface area contributed by atoms with Crippen molar-refractivity contribution in [1.29, 1.82) is 0 Å². The highest BCUT2D eigenvalue weighted by Crippen LogP contribution is 2.38. The summed E-state index contributed by atoms with van der Waals surface area (Å²) in [5.74, 6) is 0.416. The van der Waals surface area contributed by atoms with Gasteiger partial charge >= 0.3 is 5.69 Å². The molecule has 0 radical (unpaired) electrons. The lowest BCUT2D eigenvalue weighted by Crippen LogP contribution is -2.55. The largest absolute Gasteiger partial charge is 0.488 e.